The average molecular weight is 250 g/mol. The molecule has 0 saturated heterocycles. The maximum Gasteiger partial charge on any atom is 0.226 e. The largest absolute Gasteiger partial charge is 0.344 e. The fourth-order valence-electron chi connectivity index (χ4n) is 1.42. The third-order valence-corrected chi connectivity index (χ3v) is 3.37. The summed E-state index contributed by atoms with van der Waals surface area (Å²) in [5.74, 6) is -0.249. The van der Waals surface area contributed by atoms with E-state index in [9.17, 15) is 13.2 Å². The molecule has 0 heterocycles. The Balaban J connectivity index is 4.26. The molecule has 5 nitrogen and oxygen atoms in total. The van der Waals surface area contributed by atoms with Crippen LogP contribution in [0.5, 0.6) is 0 Å². The minimum Gasteiger partial charge on any atom is -0.344 e. The summed E-state index contributed by atoms with van der Waals surface area (Å²) in [6.07, 6.45) is 2.81. The van der Waals surface area contributed by atoms with Crippen LogP contribution >= 0.6 is 0 Å². The zero-order valence-corrected chi connectivity index (χ0v) is 11.1. The Bertz CT molecular complexity index is 314. The first-order valence-electron chi connectivity index (χ1n) is 5.44. The van der Waals surface area contributed by atoms with Gasteiger partial charge in [0.15, 0.2) is 0 Å². The second-order valence-corrected chi connectivity index (χ2v) is 6.37. The van der Waals surface area contributed by atoms with Crippen LogP contribution < -0.4 is 5.73 Å². The lowest BCUT2D eigenvalue weighted by Crippen LogP contribution is -2.38. The number of nitrogens with zero attached hydrogens (tertiary/aromatic N) is 1. The first-order chi connectivity index (χ1) is 7.31. The molecule has 6 heteroatoms. The fourth-order valence-corrected chi connectivity index (χ4v) is 2.02. The van der Waals surface area contributed by atoms with Gasteiger partial charge in [-0.2, -0.15) is 0 Å². The van der Waals surface area contributed by atoms with Crippen LogP contribution in [0.4, 0.5) is 0 Å². The third-order valence-electron chi connectivity index (χ3n) is 2.44. The highest BCUT2D eigenvalue weighted by Gasteiger charge is 2.20. The normalized spacial score (nSPS) is 13.5. The van der Waals surface area contributed by atoms with Crippen molar-refractivity contribution in [3.63, 3.8) is 0 Å². The zero-order valence-electron chi connectivity index (χ0n) is 10.3. The first-order valence-corrected chi connectivity index (χ1v) is 7.50. The van der Waals surface area contributed by atoms with Gasteiger partial charge in [0.25, 0.3) is 0 Å². The van der Waals surface area contributed by atoms with Gasteiger partial charge in [-0.25, -0.2) is 8.42 Å². The molecule has 0 saturated carbocycles. The Morgan fingerprint density at radius 1 is 1.44 bits per heavy atom. The monoisotopic (exact) mass is 250 g/mol. The van der Waals surface area contributed by atoms with Crippen molar-refractivity contribution in [1.82, 2.24) is 4.90 Å². The molecule has 0 rings (SSSR count). The highest BCUT2D eigenvalue weighted by Crippen LogP contribution is 2.08. The van der Waals surface area contributed by atoms with E-state index in [0.29, 0.717) is 6.54 Å². The number of rotatable bonds is 7. The third kappa shape index (κ3) is 6.07. The van der Waals surface area contributed by atoms with Gasteiger partial charge in [-0.05, 0) is 6.42 Å². The van der Waals surface area contributed by atoms with Gasteiger partial charge in [0.05, 0.1) is 11.7 Å². The summed E-state index contributed by atoms with van der Waals surface area (Å²) in [4.78, 5) is 13.3. The van der Waals surface area contributed by atoms with Crippen molar-refractivity contribution < 1.29 is 13.2 Å². The van der Waals surface area contributed by atoms with Crippen LogP contribution in [-0.4, -0.2) is 51.4 Å². The zero-order chi connectivity index (χ0) is 12.8. The summed E-state index contributed by atoms with van der Waals surface area (Å²) in [7, 11) is -1.41. The number of carbonyl (C=O) groups is 1. The van der Waals surface area contributed by atoms with Gasteiger partial charge >= 0.3 is 0 Å². The van der Waals surface area contributed by atoms with Crippen LogP contribution in [0.25, 0.3) is 0 Å². The molecule has 0 spiro atoms. The number of sulfone groups is 1. The second-order valence-electron chi connectivity index (χ2n) is 4.11. The average Bonchev–Trinajstić information content (AvgIpc) is 2.20. The van der Waals surface area contributed by atoms with Crippen molar-refractivity contribution in [3.8, 4) is 0 Å². The first kappa shape index (κ1) is 15.4. The molecule has 0 aromatic heterocycles. The number of nitrogens with two attached hydrogens (primary N) is 1. The predicted octanol–water partition coefficient (Wildman–Crippen LogP) is -0.136. The van der Waals surface area contributed by atoms with Crippen LogP contribution in [0.2, 0.25) is 0 Å². The maximum atomic E-state index is 11.8. The van der Waals surface area contributed by atoms with E-state index in [4.69, 9.17) is 5.73 Å². The molecular weight excluding hydrogens is 228 g/mol. The molecule has 1 unspecified atom stereocenters. The standard InChI is InChI=1S/C10H22N2O3S/c1-4-5-9(8-11)10(13)12(2)6-7-16(3,14)15/h9H,4-8,11H2,1-3H3. The summed E-state index contributed by atoms with van der Waals surface area (Å²) in [5, 5.41) is 0. The lowest BCUT2D eigenvalue weighted by atomic mass is 10.0. The summed E-state index contributed by atoms with van der Waals surface area (Å²) in [5.41, 5.74) is 5.51. The van der Waals surface area contributed by atoms with E-state index in [1.807, 2.05) is 6.92 Å². The molecular formula is C10H22N2O3S. The molecule has 0 aromatic carbocycles. The van der Waals surface area contributed by atoms with Crippen molar-refractivity contribution in [1.29, 1.82) is 0 Å². The molecule has 1 atom stereocenters. The smallest absolute Gasteiger partial charge is 0.226 e. The van der Waals surface area contributed by atoms with Gasteiger partial charge in [-0.1, -0.05) is 13.3 Å². The van der Waals surface area contributed by atoms with E-state index >= 15 is 0 Å². The van der Waals surface area contributed by atoms with Crippen molar-refractivity contribution >= 4 is 15.7 Å². The molecule has 0 bridgehead atoms. The number of hydrogen-bond donors (Lipinski definition) is 1. The van der Waals surface area contributed by atoms with Crippen molar-refractivity contribution in [2.75, 3.05) is 32.1 Å². The van der Waals surface area contributed by atoms with Gasteiger partial charge in [-0.15, -0.1) is 0 Å². The molecule has 1 amide bonds. The van der Waals surface area contributed by atoms with Crippen molar-refractivity contribution in [2.24, 2.45) is 11.7 Å². The van der Waals surface area contributed by atoms with E-state index in [1.54, 1.807) is 7.05 Å². The van der Waals surface area contributed by atoms with E-state index in [1.165, 1.54) is 4.90 Å². The number of amides is 1. The topological polar surface area (TPSA) is 80.5 Å². The molecule has 0 radical (unpaired) electrons. The molecule has 16 heavy (non-hydrogen) atoms. The Morgan fingerprint density at radius 3 is 2.38 bits per heavy atom. The van der Waals surface area contributed by atoms with Gasteiger partial charge in [0, 0.05) is 26.4 Å². The van der Waals surface area contributed by atoms with Crippen LogP contribution in [-0.2, 0) is 14.6 Å². The molecule has 2 N–H and O–H groups in total. The van der Waals surface area contributed by atoms with Crippen molar-refractivity contribution in [3.05, 3.63) is 0 Å². The van der Waals surface area contributed by atoms with Crippen LogP contribution in [0, 0.1) is 5.92 Å². The number of carbonyl (C=O) groups excluding carboxylic acids is 1. The van der Waals surface area contributed by atoms with Crippen LogP contribution in [0.1, 0.15) is 19.8 Å². The highest BCUT2D eigenvalue weighted by molar-refractivity contribution is 7.90. The Kier molecular flexibility index (Phi) is 6.59. The molecule has 0 aliphatic carbocycles. The van der Waals surface area contributed by atoms with E-state index in [2.05, 4.69) is 0 Å². The summed E-state index contributed by atoms with van der Waals surface area (Å²) in [6.45, 7) is 2.54. The van der Waals surface area contributed by atoms with E-state index in [0.717, 1.165) is 19.1 Å². The number of hydrogen-bond acceptors (Lipinski definition) is 4. The van der Waals surface area contributed by atoms with Gasteiger partial charge < -0.3 is 10.6 Å². The Hall–Kier alpha value is -0.620. The SMILES string of the molecule is CCCC(CN)C(=O)N(C)CCS(C)(=O)=O. The van der Waals surface area contributed by atoms with Gasteiger partial charge in [0.1, 0.15) is 9.84 Å². The summed E-state index contributed by atoms with van der Waals surface area (Å²) >= 11 is 0. The molecule has 96 valence electrons. The molecule has 0 aliphatic heterocycles. The molecule has 0 fully saturated rings. The fraction of sp³-hybridized carbons (Fsp3) is 0.900. The van der Waals surface area contributed by atoms with Gasteiger partial charge in [-0.3, -0.25) is 4.79 Å². The highest BCUT2D eigenvalue weighted by atomic mass is 32.2. The van der Waals surface area contributed by atoms with Gasteiger partial charge in [0.2, 0.25) is 5.91 Å². The minimum absolute atomic E-state index is 0.00133. The Morgan fingerprint density at radius 2 is 2.00 bits per heavy atom. The molecule has 0 aromatic rings. The summed E-state index contributed by atoms with van der Waals surface area (Å²) in [6, 6.07) is 0. The predicted molar refractivity (Wildman–Crippen MR) is 64.8 cm³/mol. The van der Waals surface area contributed by atoms with E-state index < -0.39 is 9.84 Å². The Labute approximate surface area is 97.9 Å². The molecule has 0 aliphatic rings. The minimum atomic E-state index is -3.02. The maximum absolute atomic E-state index is 11.8. The van der Waals surface area contributed by atoms with Crippen molar-refractivity contribution in [2.45, 2.75) is 19.8 Å². The quantitative estimate of drug-likeness (QED) is 0.682. The van der Waals surface area contributed by atoms with E-state index in [-0.39, 0.29) is 24.1 Å². The lowest BCUT2D eigenvalue weighted by molar-refractivity contribution is -0.133. The second kappa shape index (κ2) is 6.85. The van der Waals surface area contributed by atoms with Crippen LogP contribution in [0.3, 0.4) is 0 Å². The summed E-state index contributed by atoms with van der Waals surface area (Å²) < 4.78 is 21.9. The van der Waals surface area contributed by atoms with Crippen LogP contribution in [0.15, 0.2) is 0 Å². The lowest BCUT2D eigenvalue weighted by Gasteiger charge is -2.22.